The molecular weight excluding hydrogens is 312 g/mol. The fourth-order valence-corrected chi connectivity index (χ4v) is 5.51. The predicted molar refractivity (Wildman–Crippen MR) is 94.5 cm³/mol. The van der Waals surface area contributed by atoms with Gasteiger partial charge in [0.25, 0.3) is 0 Å². The molecule has 4 rings (SSSR count). The number of aryl methyl sites for hydroxylation is 6. The van der Waals surface area contributed by atoms with Crippen LogP contribution in [0.5, 0.6) is 0 Å². The van der Waals surface area contributed by atoms with Crippen molar-refractivity contribution in [2.45, 2.75) is 40.5 Å². The molecule has 0 aliphatic heterocycles. The van der Waals surface area contributed by atoms with Crippen LogP contribution in [0.25, 0.3) is 21.1 Å². The molecule has 0 spiro atoms. The Morgan fingerprint density at radius 3 is 2.55 bits per heavy atom. The zero-order chi connectivity index (χ0) is 15.4. The maximum Gasteiger partial charge on any atom is 0.175 e. The van der Waals surface area contributed by atoms with E-state index in [2.05, 4.69) is 26.0 Å². The lowest BCUT2D eigenvalue weighted by molar-refractivity contribution is 0.474. The third-order valence-corrected chi connectivity index (χ3v) is 6.52. The molecule has 4 aromatic heterocycles. The highest BCUT2D eigenvalue weighted by atomic mass is 32.1. The van der Waals surface area contributed by atoms with Crippen molar-refractivity contribution in [3.05, 3.63) is 44.0 Å². The summed E-state index contributed by atoms with van der Waals surface area (Å²) in [5.41, 5.74) is 0.909. The summed E-state index contributed by atoms with van der Waals surface area (Å²) in [6, 6.07) is 4.40. The molecule has 22 heavy (non-hydrogen) atoms. The second-order valence-electron chi connectivity index (χ2n) is 5.86. The molecule has 2 nitrogen and oxygen atoms in total. The lowest BCUT2D eigenvalue weighted by Gasteiger charge is -1.96. The molecule has 0 bridgehead atoms. The highest BCUT2D eigenvalue weighted by molar-refractivity contribution is 7.24. The van der Waals surface area contributed by atoms with Gasteiger partial charge in [0.1, 0.15) is 17.3 Å². The molecule has 0 aliphatic rings. The normalized spacial score (nSPS) is 12.0. The van der Waals surface area contributed by atoms with Gasteiger partial charge in [0.05, 0.1) is 5.39 Å². The molecule has 0 unspecified atom stereocenters. The van der Waals surface area contributed by atoms with E-state index < -0.39 is 0 Å². The van der Waals surface area contributed by atoms with Crippen molar-refractivity contribution in [2.75, 3.05) is 0 Å². The molecule has 4 heterocycles. The zero-order valence-electron chi connectivity index (χ0n) is 13.2. The minimum Gasteiger partial charge on any atom is -0.462 e. The molecule has 0 aliphatic carbocycles. The Bertz CT molecular complexity index is 897. The summed E-state index contributed by atoms with van der Waals surface area (Å²) in [4.78, 5) is 4.30. The van der Waals surface area contributed by atoms with Crippen LogP contribution in [0.4, 0.5) is 0 Å². The van der Waals surface area contributed by atoms with Crippen molar-refractivity contribution in [3.8, 4) is 0 Å². The van der Waals surface area contributed by atoms with Gasteiger partial charge in [-0.1, -0.05) is 0 Å². The van der Waals surface area contributed by atoms with Crippen molar-refractivity contribution in [3.63, 3.8) is 0 Å². The molecular formula is C18H18O2S2. The average Bonchev–Trinajstić information content (AvgIpc) is 3.15. The molecule has 0 fully saturated rings. The van der Waals surface area contributed by atoms with Crippen LogP contribution < -0.4 is 0 Å². The summed E-state index contributed by atoms with van der Waals surface area (Å²) in [6.07, 6.45) is 1.95. The Morgan fingerprint density at radius 1 is 0.909 bits per heavy atom. The van der Waals surface area contributed by atoms with Crippen LogP contribution >= 0.6 is 22.7 Å². The minimum absolute atomic E-state index is 0.887. The van der Waals surface area contributed by atoms with Gasteiger partial charge in [-0.05, 0) is 46.2 Å². The molecule has 0 atom stereocenters. The fourth-order valence-electron chi connectivity index (χ4n) is 3.12. The van der Waals surface area contributed by atoms with Gasteiger partial charge in [-0.15, -0.1) is 22.7 Å². The first-order chi connectivity index (χ1) is 10.5. The lowest BCUT2D eigenvalue weighted by atomic mass is 10.1. The number of furan rings is 2. The van der Waals surface area contributed by atoms with Gasteiger partial charge in [-0.25, -0.2) is 0 Å². The third kappa shape index (κ3) is 2.13. The maximum atomic E-state index is 5.92. The van der Waals surface area contributed by atoms with E-state index in [1.54, 1.807) is 0 Å². The van der Waals surface area contributed by atoms with Crippen molar-refractivity contribution in [2.24, 2.45) is 0 Å². The van der Waals surface area contributed by atoms with Crippen LogP contribution in [-0.2, 0) is 12.8 Å². The van der Waals surface area contributed by atoms with Gasteiger partial charge in [-0.2, -0.15) is 0 Å². The fraction of sp³-hybridized carbons (Fsp3) is 0.333. The SMILES string of the molecule is Cc1cc2c(CCc3sc(C)c4cc(C)sc34)oc(C)c2o1. The quantitative estimate of drug-likeness (QED) is 0.439. The number of thiophene rings is 2. The predicted octanol–water partition coefficient (Wildman–Crippen LogP) is 6.32. The standard InChI is InChI=1S/C18H18O2S2/c1-9-7-14-15(20-11(3)17(14)19-9)5-6-16-18-13(12(4)22-16)8-10(2)21-18/h7-8H,5-6H2,1-4H3. The first-order valence-electron chi connectivity index (χ1n) is 7.49. The van der Waals surface area contributed by atoms with Crippen molar-refractivity contribution in [1.29, 1.82) is 0 Å². The second-order valence-corrected chi connectivity index (χ2v) is 8.43. The van der Waals surface area contributed by atoms with E-state index in [1.165, 1.54) is 24.7 Å². The van der Waals surface area contributed by atoms with Crippen LogP contribution in [0, 0.1) is 27.7 Å². The summed E-state index contributed by atoms with van der Waals surface area (Å²) in [5, 5.41) is 2.57. The largest absolute Gasteiger partial charge is 0.462 e. The van der Waals surface area contributed by atoms with E-state index in [4.69, 9.17) is 8.83 Å². The highest BCUT2D eigenvalue weighted by Gasteiger charge is 2.17. The molecule has 0 N–H and O–H groups in total. The molecule has 0 amide bonds. The van der Waals surface area contributed by atoms with Crippen LogP contribution in [0.3, 0.4) is 0 Å². The molecule has 4 heteroatoms. The van der Waals surface area contributed by atoms with E-state index in [9.17, 15) is 0 Å². The lowest BCUT2D eigenvalue weighted by Crippen LogP contribution is -1.87. The van der Waals surface area contributed by atoms with Crippen molar-refractivity contribution in [1.82, 2.24) is 0 Å². The molecule has 0 radical (unpaired) electrons. The van der Waals surface area contributed by atoms with Crippen LogP contribution in [-0.4, -0.2) is 0 Å². The smallest absolute Gasteiger partial charge is 0.175 e. The van der Waals surface area contributed by atoms with Gasteiger partial charge < -0.3 is 8.83 Å². The van der Waals surface area contributed by atoms with Crippen molar-refractivity contribution >= 4 is 43.7 Å². The number of rotatable bonds is 3. The van der Waals surface area contributed by atoms with Crippen LogP contribution in [0.2, 0.25) is 0 Å². The number of hydrogen-bond donors (Lipinski definition) is 0. The third-order valence-electron chi connectivity index (χ3n) is 4.09. The van der Waals surface area contributed by atoms with Gasteiger partial charge in [-0.3, -0.25) is 0 Å². The van der Waals surface area contributed by atoms with Gasteiger partial charge in [0.15, 0.2) is 5.58 Å². The summed E-state index contributed by atoms with van der Waals surface area (Å²) < 4.78 is 13.1. The molecule has 0 saturated heterocycles. The summed E-state index contributed by atoms with van der Waals surface area (Å²) in [7, 11) is 0. The first kappa shape index (κ1) is 14.1. The Morgan fingerprint density at radius 2 is 1.73 bits per heavy atom. The maximum absolute atomic E-state index is 5.92. The molecule has 0 saturated carbocycles. The highest BCUT2D eigenvalue weighted by Crippen LogP contribution is 2.38. The summed E-state index contributed by atoms with van der Waals surface area (Å²) >= 11 is 3.83. The second kappa shape index (κ2) is 5.00. The summed E-state index contributed by atoms with van der Waals surface area (Å²) in [5.74, 6) is 2.89. The van der Waals surface area contributed by atoms with E-state index in [-0.39, 0.29) is 0 Å². The van der Waals surface area contributed by atoms with E-state index in [1.807, 2.05) is 36.5 Å². The van der Waals surface area contributed by atoms with Gasteiger partial charge in [0, 0.05) is 31.1 Å². The Balaban J connectivity index is 1.68. The average molecular weight is 330 g/mol. The Hall–Kier alpha value is -1.52. The van der Waals surface area contributed by atoms with E-state index in [0.29, 0.717) is 0 Å². The number of fused-ring (bicyclic) bond motifs is 2. The zero-order valence-corrected chi connectivity index (χ0v) is 14.8. The van der Waals surface area contributed by atoms with E-state index in [0.717, 1.165) is 41.1 Å². The number of hydrogen-bond acceptors (Lipinski definition) is 4. The monoisotopic (exact) mass is 330 g/mol. The minimum atomic E-state index is 0.887. The molecule has 0 aromatic carbocycles. The molecule has 114 valence electrons. The van der Waals surface area contributed by atoms with Gasteiger partial charge >= 0.3 is 0 Å². The van der Waals surface area contributed by atoms with Crippen molar-refractivity contribution < 1.29 is 8.83 Å². The van der Waals surface area contributed by atoms with Crippen LogP contribution in [0.1, 0.15) is 31.9 Å². The Labute approximate surface area is 137 Å². The summed E-state index contributed by atoms with van der Waals surface area (Å²) in [6.45, 7) is 8.37. The first-order valence-corrected chi connectivity index (χ1v) is 9.13. The Kier molecular flexibility index (Phi) is 3.20. The van der Waals surface area contributed by atoms with E-state index >= 15 is 0 Å². The molecule has 4 aromatic rings. The topological polar surface area (TPSA) is 26.3 Å². The van der Waals surface area contributed by atoms with Crippen LogP contribution in [0.15, 0.2) is 21.0 Å². The van der Waals surface area contributed by atoms with Gasteiger partial charge in [0.2, 0.25) is 0 Å².